The van der Waals surface area contributed by atoms with Gasteiger partial charge in [-0.25, -0.2) is 0 Å². The van der Waals surface area contributed by atoms with Crippen molar-refractivity contribution in [1.82, 2.24) is 4.90 Å². The molecule has 0 spiro atoms. The molecule has 1 rings (SSSR count). The summed E-state index contributed by atoms with van der Waals surface area (Å²) in [5.74, 6) is 6.18. The standard InChI is InChI=1S/C17H22N2OS/c1-6-11-17(3,4)19(5)16(21)18-15-10-8-7-9-14(15)12-13(2)20/h7-10H,12H2,1-5H3,(H,18,21). The molecule has 0 aliphatic carbocycles. The monoisotopic (exact) mass is 302 g/mol. The number of carbonyl (C=O) groups excluding carboxylic acids is 1. The van der Waals surface area contributed by atoms with Crippen LogP contribution in [-0.2, 0) is 11.2 Å². The van der Waals surface area contributed by atoms with Crippen molar-refractivity contribution in [2.75, 3.05) is 12.4 Å². The van der Waals surface area contributed by atoms with Gasteiger partial charge in [0, 0.05) is 19.2 Å². The number of para-hydroxylation sites is 1. The number of nitrogens with one attached hydrogen (secondary N) is 1. The number of ketones is 1. The Bertz CT molecular complexity index is 596. The third kappa shape index (κ3) is 4.87. The highest BCUT2D eigenvalue weighted by Crippen LogP contribution is 2.19. The third-order valence-electron chi connectivity index (χ3n) is 3.27. The maximum absolute atomic E-state index is 11.3. The van der Waals surface area contributed by atoms with E-state index in [0.29, 0.717) is 11.5 Å². The zero-order valence-electron chi connectivity index (χ0n) is 13.3. The zero-order chi connectivity index (χ0) is 16.0. The minimum absolute atomic E-state index is 0.126. The number of carbonyl (C=O) groups is 1. The second-order valence-electron chi connectivity index (χ2n) is 5.46. The van der Waals surface area contributed by atoms with Crippen molar-refractivity contribution >= 4 is 28.8 Å². The summed E-state index contributed by atoms with van der Waals surface area (Å²) in [5, 5.41) is 3.80. The van der Waals surface area contributed by atoms with Crippen LogP contribution in [0.15, 0.2) is 24.3 Å². The van der Waals surface area contributed by atoms with Crippen LogP contribution in [0.3, 0.4) is 0 Å². The molecule has 21 heavy (non-hydrogen) atoms. The first kappa shape index (κ1) is 17.2. The number of rotatable bonds is 4. The van der Waals surface area contributed by atoms with E-state index in [1.165, 1.54) is 0 Å². The summed E-state index contributed by atoms with van der Waals surface area (Å²) in [6, 6.07) is 7.70. The molecular formula is C17H22N2OS. The largest absolute Gasteiger partial charge is 0.336 e. The van der Waals surface area contributed by atoms with Crippen LogP contribution in [0.2, 0.25) is 0 Å². The molecular weight excluding hydrogens is 280 g/mol. The van der Waals surface area contributed by atoms with Crippen LogP contribution in [0.4, 0.5) is 5.69 Å². The molecule has 0 amide bonds. The van der Waals surface area contributed by atoms with Gasteiger partial charge in [0.05, 0.1) is 5.54 Å². The molecule has 0 heterocycles. The van der Waals surface area contributed by atoms with Gasteiger partial charge in [-0.1, -0.05) is 24.1 Å². The van der Waals surface area contributed by atoms with Gasteiger partial charge in [-0.05, 0) is 51.5 Å². The lowest BCUT2D eigenvalue weighted by atomic mass is 10.1. The van der Waals surface area contributed by atoms with Gasteiger partial charge in [0.15, 0.2) is 5.11 Å². The van der Waals surface area contributed by atoms with Gasteiger partial charge >= 0.3 is 0 Å². The summed E-state index contributed by atoms with van der Waals surface area (Å²) < 4.78 is 0. The highest BCUT2D eigenvalue weighted by molar-refractivity contribution is 7.80. The van der Waals surface area contributed by atoms with E-state index in [1.807, 2.05) is 57.0 Å². The number of benzene rings is 1. The molecule has 0 aliphatic heterocycles. The van der Waals surface area contributed by atoms with Gasteiger partial charge < -0.3 is 10.2 Å². The second kappa shape index (κ2) is 7.24. The maximum atomic E-state index is 11.3. The lowest BCUT2D eigenvalue weighted by Crippen LogP contribution is -2.46. The van der Waals surface area contributed by atoms with Gasteiger partial charge in [0.1, 0.15) is 5.78 Å². The number of thiocarbonyl (C=S) groups is 1. The molecule has 3 nitrogen and oxygen atoms in total. The fourth-order valence-corrected chi connectivity index (χ4v) is 2.25. The normalized spacial score (nSPS) is 10.3. The topological polar surface area (TPSA) is 32.3 Å². The highest BCUT2D eigenvalue weighted by atomic mass is 32.1. The molecule has 1 aromatic rings. The van der Waals surface area contributed by atoms with Crippen LogP contribution in [0.1, 0.15) is 33.3 Å². The lowest BCUT2D eigenvalue weighted by Gasteiger charge is -2.33. The Morgan fingerprint density at radius 3 is 2.57 bits per heavy atom. The lowest BCUT2D eigenvalue weighted by molar-refractivity contribution is -0.116. The van der Waals surface area contributed by atoms with Crippen LogP contribution in [0, 0.1) is 11.8 Å². The van der Waals surface area contributed by atoms with Gasteiger partial charge in [0.2, 0.25) is 0 Å². The molecule has 0 unspecified atom stereocenters. The summed E-state index contributed by atoms with van der Waals surface area (Å²) in [5.41, 5.74) is 1.46. The summed E-state index contributed by atoms with van der Waals surface area (Å²) in [7, 11) is 1.91. The second-order valence-corrected chi connectivity index (χ2v) is 5.85. The molecule has 0 bridgehead atoms. The number of Topliss-reactive ketones (excluding diaryl/α,β-unsaturated/α-hetero) is 1. The molecule has 0 aromatic heterocycles. The van der Waals surface area contributed by atoms with Crippen LogP contribution >= 0.6 is 12.2 Å². The molecule has 0 fully saturated rings. The van der Waals surface area contributed by atoms with Crippen molar-refractivity contribution in [3.05, 3.63) is 29.8 Å². The van der Waals surface area contributed by atoms with Crippen molar-refractivity contribution in [2.24, 2.45) is 0 Å². The zero-order valence-corrected chi connectivity index (χ0v) is 14.1. The van der Waals surface area contributed by atoms with Crippen LogP contribution in [-0.4, -0.2) is 28.4 Å². The van der Waals surface area contributed by atoms with E-state index >= 15 is 0 Å². The predicted molar refractivity (Wildman–Crippen MR) is 92.3 cm³/mol. The van der Waals surface area contributed by atoms with Crippen molar-refractivity contribution in [3.8, 4) is 11.8 Å². The summed E-state index contributed by atoms with van der Waals surface area (Å²) in [6.07, 6.45) is 0.396. The Morgan fingerprint density at radius 1 is 1.38 bits per heavy atom. The van der Waals surface area contributed by atoms with E-state index < -0.39 is 0 Å². The first-order valence-corrected chi connectivity index (χ1v) is 7.25. The molecule has 0 saturated heterocycles. The summed E-state index contributed by atoms with van der Waals surface area (Å²) >= 11 is 5.46. The van der Waals surface area contributed by atoms with Crippen molar-refractivity contribution in [3.63, 3.8) is 0 Å². The first-order chi connectivity index (χ1) is 9.77. The van der Waals surface area contributed by atoms with Crippen LogP contribution < -0.4 is 5.32 Å². The van der Waals surface area contributed by atoms with Crippen LogP contribution in [0.5, 0.6) is 0 Å². The molecule has 112 valence electrons. The Balaban J connectivity index is 2.93. The number of hydrogen-bond acceptors (Lipinski definition) is 2. The van der Waals surface area contributed by atoms with Gasteiger partial charge in [-0.3, -0.25) is 4.79 Å². The van der Waals surface area contributed by atoms with Gasteiger partial charge in [-0.2, -0.15) is 0 Å². The predicted octanol–water partition coefficient (Wildman–Crippen LogP) is 3.25. The van der Waals surface area contributed by atoms with Crippen LogP contribution in [0.25, 0.3) is 0 Å². The number of anilines is 1. The van der Waals surface area contributed by atoms with E-state index in [-0.39, 0.29) is 11.3 Å². The average molecular weight is 302 g/mol. The smallest absolute Gasteiger partial charge is 0.174 e. The summed E-state index contributed by atoms with van der Waals surface area (Å²) in [6.45, 7) is 7.42. The fourth-order valence-electron chi connectivity index (χ4n) is 1.91. The average Bonchev–Trinajstić information content (AvgIpc) is 2.39. The van der Waals surface area contributed by atoms with Gasteiger partial charge in [0.25, 0.3) is 0 Å². The molecule has 0 aliphatic rings. The minimum Gasteiger partial charge on any atom is -0.336 e. The molecule has 1 aromatic carbocycles. The summed E-state index contributed by atoms with van der Waals surface area (Å²) in [4.78, 5) is 13.3. The van der Waals surface area contributed by atoms with Gasteiger partial charge in [-0.15, -0.1) is 5.92 Å². The molecule has 0 atom stereocenters. The SMILES string of the molecule is CC#CC(C)(C)N(C)C(=S)Nc1ccccc1CC(C)=O. The van der Waals surface area contributed by atoms with Crippen molar-refractivity contribution < 1.29 is 4.79 Å². The Hall–Kier alpha value is -1.86. The van der Waals surface area contributed by atoms with E-state index in [4.69, 9.17) is 12.2 Å². The Kier molecular flexibility index (Phi) is 5.92. The molecule has 0 saturated carbocycles. The van der Waals surface area contributed by atoms with E-state index in [1.54, 1.807) is 6.92 Å². The van der Waals surface area contributed by atoms with E-state index in [0.717, 1.165) is 11.3 Å². The Morgan fingerprint density at radius 2 is 2.00 bits per heavy atom. The fraction of sp³-hybridized carbons (Fsp3) is 0.412. The number of hydrogen-bond donors (Lipinski definition) is 1. The van der Waals surface area contributed by atoms with E-state index in [9.17, 15) is 4.79 Å². The highest BCUT2D eigenvalue weighted by Gasteiger charge is 2.23. The molecule has 0 radical (unpaired) electrons. The van der Waals surface area contributed by atoms with Crippen molar-refractivity contribution in [2.45, 2.75) is 39.7 Å². The third-order valence-corrected chi connectivity index (χ3v) is 3.65. The maximum Gasteiger partial charge on any atom is 0.174 e. The molecule has 1 N–H and O–H groups in total. The van der Waals surface area contributed by atoms with E-state index in [2.05, 4.69) is 17.2 Å². The Labute approximate surface area is 132 Å². The number of nitrogens with zero attached hydrogens (tertiary/aromatic N) is 1. The molecule has 4 heteroatoms. The van der Waals surface area contributed by atoms with Crippen molar-refractivity contribution in [1.29, 1.82) is 0 Å². The first-order valence-electron chi connectivity index (χ1n) is 6.84. The quantitative estimate of drug-likeness (QED) is 0.683. The minimum atomic E-state index is -0.353.